The average Bonchev–Trinajstić information content (AvgIpc) is 3.49. The molecule has 238 valence electrons. The normalized spacial score (nSPS) is 17.1. The molecule has 0 saturated heterocycles. The van der Waals surface area contributed by atoms with Crippen LogP contribution in [0.4, 0.5) is 0 Å². The first-order valence-corrected chi connectivity index (χ1v) is 16.6. The second kappa shape index (κ2) is 15.0. The predicted octanol–water partition coefficient (Wildman–Crippen LogP) is 8.35. The van der Waals surface area contributed by atoms with Crippen LogP contribution >= 0.6 is 27.5 Å². The maximum Gasteiger partial charge on any atom is 0.252 e. The fraction of sp³-hybridized carbons (Fsp3) is 0.179. The van der Waals surface area contributed by atoms with Crippen LogP contribution in [0, 0.1) is 0 Å². The second-order valence-electron chi connectivity index (χ2n) is 11.4. The van der Waals surface area contributed by atoms with Crippen LogP contribution in [0.25, 0.3) is 11.1 Å². The van der Waals surface area contributed by atoms with Gasteiger partial charge in [-0.05, 0) is 76.3 Å². The number of ether oxygens (including phenoxy) is 2. The Hall–Kier alpha value is -4.43. The number of nitrogens with zero attached hydrogens (tertiary/aromatic N) is 1. The molecule has 0 bridgehead atoms. The van der Waals surface area contributed by atoms with Gasteiger partial charge in [-0.15, -0.1) is 0 Å². The van der Waals surface area contributed by atoms with Gasteiger partial charge in [0, 0.05) is 41.1 Å². The van der Waals surface area contributed by atoms with Gasteiger partial charge < -0.3 is 19.9 Å². The number of benzene rings is 5. The van der Waals surface area contributed by atoms with Crippen LogP contribution in [-0.2, 0) is 22.5 Å². The first-order valence-electron chi connectivity index (χ1n) is 15.5. The van der Waals surface area contributed by atoms with E-state index >= 15 is 0 Å². The number of rotatable bonds is 12. The van der Waals surface area contributed by atoms with E-state index in [2.05, 4.69) is 45.5 Å². The molecule has 2 N–H and O–H groups in total. The van der Waals surface area contributed by atoms with Crippen LogP contribution in [0.1, 0.15) is 34.8 Å². The lowest BCUT2D eigenvalue weighted by molar-refractivity contribution is -0.129. The van der Waals surface area contributed by atoms with E-state index in [-0.39, 0.29) is 19.1 Å². The minimum absolute atomic E-state index is 0.0657. The molecule has 0 spiro atoms. The van der Waals surface area contributed by atoms with E-state index in [1.54, 1.807) is 6.07 Å². The summed E-state index contributed by atoms with van der Waals surface area (Å²) in [4.78, 5) is 19.7. The standard InChI is InChI=1S/C39H34BrClN2O4/c40-33-18-10-27(11-19-33)25-39(38(45)42-26-28-6-4-9-34(41)24-28)36(31-14-12-30(13-15-31)29-7-2-1-3-8-29)47-37(43-39)32-16-20-35(21-17-32)46-23-5-22-44/h1-4,6-21,24,36,44H,5,22-23,25-26H2,(H,42,45)/t36-,39-/m1/s1. The van der Waals surface area contributed by atoms with E-state index in [0.29, 0.717) is 36.1 Å². The van der Waals surface area contributed by atoms with Gasteiger partial charge in [0.25, 0.3) is 5.91 Å². The average molecular weight is 710 g/mol. The zero-order valence-electron chi connectivity index (χ0n) is 25.6. The fourth-order valence-electron chi connectivity index (χ4n) is 5.66. The molecule has 1 aliphatic rings. The topological polar surface area (TPSA) is 80.2 Å². The molecule has 0 radical (unpaired) electrons. The molecule has 2 atom stereocenters. The highest BCUT2D eigenvalue weighted by Crippen LogP contribution is 2.43. The molecule has 8 heteroatoms. The van der Waals surface area contributed by atoms with Crippen molar-refractivity contribution in [3.8, 4) is 16.9 Å². The van der Waals surface area contributed by atoms with Crippen LogP contribution in [0.5, 0.6) is 5.75 Å². The predicted molar refractivity (Wildman–Crippen MR) is 190 cm³/mol. The van der Waals surface area contributed by atoms with Crippen LogP contribution in [0.2, 0.25) is 5.02 Å². The molecule has 1 amide bonds. The number of hydrogen-bond donors (Lipinski definition) is 2. The van der Waals surface area contributed by atoms with Crippen molar-refractivity contribution in [2.45, 2.75) is 31.0 Å². The van der Waals surface area contributed by atoms with Crippen LogP contribution in [0.15, 0.2) is 137 Å². The van der Waals surface area contributed by atoms with Crippen LogP contribution < -0.4 is 10.1 Å². The monoisotopic (exact) mass is 708 g/mol. The van der Waals surface area contributed by atoms with E-state index in [9.17, 15) is 4.79 Å². The maximum absolute atomic E-state index is 14.6. The molecule has 1 aliphatic heterocycles. The lowest BCUT2D eigenvalue weighted by Crippen LogP contribution is -2.49. The summed E-state index contributed by atoms with van der Waals surface area (Å²) in [5.74, 6) is 0.796. The SMILES string of the molecule is O=C(NCc1cccc(Cl)c1)[C@]1(Cc2ccc(Br)cc2)N=C(c2ccc(OCCCO)cc2)O[C@@H]1c1ccc(-c2ccccc2)cc1. The molecular weight excluding hydrogens is 676 g/mol. The summed E-state index contributed by atoms with van der Waals surface area (Å²) in [5.41, 5.74) is 4.23. The van der Waals surface area contributed by atoms with Gasteiger partial charge in [0.2, 0.25) is 5.90 Å². The van der Waals surface area contributed by atoms with Crippen molar-refractivity contribution in [2.24, 2.45) is 4.99 Å². The molecule has 6 rings (SSSR count). The van der Waals surface area contributed by atoms with E-state index < -0.39 is 11.6 Å². The molecule has 0 fully saturated rings. The van der Waals surface area contributed by atoms with Crippen LogP contribution in [0.3, 0.4) is 0 Å². The van der Waals surface area contributed by atoms with E-state index in [4.69, 9.17) is 31.2 Å². The molecule has 5 aromatic rings. The first-order chi connectivity index (χ1) is 22.9. The third kappa shape index (κ3) is 7.76. The van der Waals surface area contributed by atoms with Crippen molar-refractivity contribution in [1.82, 2.24) is 5.32 Å². The van der Waals surface area contributed by atoms with Crippen molar-refractivity contribution in [1.29, 1.82) is 0 Å². The van der Waals surface area contributed by atoms with Gasteiger partial charge in [-0.2, -0.15) is 0 Å². The number of halogens is 2. The van der Waals surface area contributed by atoms with Gasteiger partial charge in [-0.1, -0.05) is 106 Å². The Morgan fingerprint density at radius 2 is 1.55 bits per heavy atom. The number of amides is 1. The Balaban J connectivity index is 1.40. The number of aliphatic imine (C=N–C) groups is 1. The minimum atomic E-state index is -1.33. The highest BCUT2D eigenvalue weighted by Gasteiger charge is 2.53. The Morgan fingerprint density at radius 3 is 2.26 bits per heavy atom. The number of aliphatic hydroxyl groups is 1. The van der Waals surface area contributed by atoms with E-state index in [1.807, 2.05) is 97.1 Å². The third-order valence-corrected chi connectivity index (χ3v) is 8.84. The minimum Gasteiger partial charge on any atom is -0.494 e. The molecule has 5 aromatic carbocycles. The van der Waals surface area contributed by atoms with Gasteiger partial charge in [0.15, 0.2) is 11.6 Å². The Kier molecular flexibility index (Phi) is 10.4. The van der Waals surface area contributed by atoms with Gasteiger partial charge >= 0.3 is 0 Å². The van der Waals surface area contributed by atoms with Gasteiger partial charge in [-0.3, -0.25) is 4.79 Å². The van der Waals surface area contributed by atoms with Crippen LogP contribution in [-0.4, -0.2) is 35.7 Å². The van der Waals surface area contributed by atoms with Gasteiger partial charge in [0.1, 0.15) is 5.75 Å². The Labute approximate surface area is 288 Å². The van der Waals surface area contributed by atoms with Crippen molar-refractivity contribution in [2.75, 3.05) is 13.2 Å². The fourth-order valence-corrected chi connectivity index (χ4v) is 6.14. The molecule has 0 aliphatic carbocycles. The molecule has 47 heavy (non-hydrogen) atoms. The lowest BCUT2D eigenvalue weighted by Gasteiger charge is -2.31. The number of hydrogen-bond acceptors (Lipinski definition) is 5. The Morgan fingerprint density at radius 1 is 0.851 bits per heavy atom. The highest BCUT2D eigenvalue weighted by atomic mass is 79.9. The number of carbonyl (C=O) groups excluding carboxylic acids is 1. The molecule has 6 nitrogen and oxygen atoms in total. The molecule has 0 saturated carbocycles. The van der Waals surface area contributed by atoms with Crippen molar-refractivity contribution in [3.05, 3.63) is 159 Å². The number of carbonyl (C=O) groups is 1. The molecule has 0 aromatic heterocycles. The number of nitrogens with one attached hydrogen (secondary N) is 1. The summed E-state index contributed by atoms with van der Waals surface area (Å²) >= 11 is 9.78. The first kappa shape index (κ1) is 32.5. The quantitative estimate of drug-likeness (QED) is 0.128. The van der Waals surface area contributed by atoms with Crippen molar-refractivity contribution in [3.63, 3.8) is 0 Å². The lowest BCUT2D eigenvalue weighted by atomic mass is 9.81. The smallest absolute Gasteiger partial charge is 0.252 e. The van der Waals surface area contributed by atoms with Gasteiger partial charge in [0.05, 0.1) is 6.61 Å². The Bertz CT molecular complexity index is 1830. The summed E-state index contributed by atoms with van der Waals surface area (Å²) in [6.07, 6.45) is 0.134. The molecule has 0 unspecified atom stereocenters. The molecular formula is C39H34BrClN2O4. The maximum atomic E-state index is 14.6. The third-order valence-electron chi connectivity index (χ3n) is 8.08. The highest BCUT2D eigenvalue weighted by molar-refractivity contribution is 9.10. The second-order valence-corrected chi connectivity index (χ2v) is 12.7. The van der Waals surface area contributed by atoms with E-state index in [0.717, 1.165) is 37.9 Å². The molecule has 1 heterocycles. The van der Waals surface area contributed by atoms with E-state index in [1.165, 1.54) is 0 Å². The number of aliphatic hydroxyl groups excluding tert-OH is 1. The van der Waals surface area contributed by atoms with Crippen molar-refractivity contribution < 1.29 is 19.4 Å². The summed E-state index contributed by atoms with van der Waals surface area (Å²) in [6.45, 7) is 0.763. The summed E-state index contributed by atoms with van der Waals surface area (Å²) < 4.78 is 13.4. The zero-order chi connectivity index (χ0) is 32.6. The largest absolute Gasteiger partial charge is 0.494 e. The van der Waals surface area contributed by atoms with Gasteiger partial charge in [-0.25, -0.2) is 4.99 Å². The summed E-state index contributed by atoms with van der Waals surface area (Å²) in [7, 11) is 0. The van der Waals surface area contributed by atoms with Crippen molar-refractivity contribution >= 4 is 39.3 Å². The summed E-state index contributed by atoms with van der Waals surface area (Å²) in [5, 5.41) is 12.9. The zero-order valence-corrected chi connectivity index (χ0v) is 28.0. The summed E-state index contributed by atoms with van der Waals surface area (Å²) in [6, 6.07) is 41.1.